The van der Waals surface area contributed by atoms with Crippen LogP contribution in [-0.4, -0.2) is 46.6 Å². The van der Waals surface area contributed by atoms with Gasteiger partial charge in [0.2, 0.25) is 5.91 Å². The van der Waals surface area contributed by atoms with E-state index in [0.717, 1.165) is 37.4 Å². The summed E-state index contributed by atoms with van der Waals surface area (Å²) in [5.41, 5.74) is 0.884. The van der Waals surface area contributed by atoms with Crippen LogP contribution in [0.2, 0.25) is 0 Å². The second-order valence-electron chi connectivity index (χ2n) is 5.35. The van der Waals surface area contributed by atoms with Crippen LogP contribution in [0.3, 0.4) is 0 Å². The van der Waals surface area contributed by atoms with Gasteiger partial charge in [0.05, 0.1) is 6.10 Å². The molecule has 2 aliphatic rings. The van der Waals surface area contributed by atoms with Crippen LogP contribution >= 0.6 is 0 Å². The smallest absolute Gasteiger partial charge is 0.223 e. The molecule has 1 aromatic rings. The SMILES string of the molecule is CC(O)c1ccnc(N2CCN3C(=O)CCC3C2)c1. The summed E-state index contributed by atoms with van der Waals surface area (Å²) in [4.78, 5) is 20.3. The molecule has 0 spiro atoms. The molecule has 5 nitrogen and oxygen atoms in total. The minimum atomic E-state index is -0.476. The van der Waals surface area contributed by atoms with E-state index in [0.29, 0.717) is 12.5 Å². The first-order valence-electron chi connectivity index (χ1n) is 6.83. The number of fused-ring (bicyclic) bond motifs is 1. The lowest BCUT2D eigenvalue weighted by Gasteiger charge is -2.38. The maximum atomic E-state index is 11.7. The van der Waals surface area contributed by atoms with Crippen LogP contribution < -0.4 is 4.90 Å². The number of anilines is 1. The molecule has 0 saturated carbocycles. The van der Waals surface area contributed by atoms with Gasteiger partial charge in [-0.25, -0.2) is 4.98 Å². The molecule has 2 unspecified atom stereocenters. The van der Waals surface area contributed by atoms with Crippen molar-refractivity contribution in [2.45, 2.75) is 31.9 Å². The summed E-state index contributed by atoms with van der Waals surface area (Å²) >= 11 is 0. The highest BCUT2D eigenvalue weighted by Crippen LogP contribution is 2.26. The number of carbonyl (C=O) groups is 1. The van der Waals surface area contributed by atoms with Gasteiger partial charge >= 0.3 is 0 Å². The minimum absolute atomic E-state index is 0.287. The van der Waals surface area contributed by atoms with Crippen molar-refractivity contribution >= 4 is 11.7 Å². The third kappa shape index (κ3) is 2.30. The highest BCUT2D eigenvalue weighted by molar-refractivity contribution is 5.79. The van der Waals surface area contributed by atoms with Crippen molar-refractivity contribution in [2.24, 2.45) is 0 Å². The first-order valence-corrected chi connectivity index (χ1v) is 6.83. The molecule has 5 heteroatoms. The van der Waals surface area contributed by atoms with Crippen LogP contribution in [0.5, 0.6) is 0 Å². The normalized spacial score (nSPS) is 24.5. The van der Waals surface area contributed by atoms with Crippen molar-refractivity contribution in [3.63, 3.8) is 0 Å². The monoisotopic (exact) mass is 261 g/mol. The van der Waals surface area contributed by atoms with E-state index in [4.69, 9.17) is 0 Å². The topological polar surface area (TPSA) is 56.7 Å². The standard InChI is InChI=1S/C14H19N3O2/c1-10(18)11-4-5-15-13(8-11)16-6-7-17-12(9-16)2-3-14(17)19/h4-5,8,10,12,18H,2-3,6-7,9H2,1H3. The zero-order chi connectivity index (χ0) is 13.4. The molecular weight excluding hydrogens is 242 g/mol. The van der Waals surface area contributed by atoms with Gasteiger partial charge in [0.15, 0.2) is 0 Å². The van der Waals surface area contributed by atoms with E-state index in [2.05, 4.69) is 9.88 Å². The number of aliphatic hydroxyl groups excluding tert-OH is 1. The number of amides is 1. The summed E-state index contributed by atoms with van der Waals surface area (Å²) in [6.45, 7) is 4.21. The first-order chi connectivity index (χ1) is 9.15. The van der Waals surface area contributed by atoms with Crippen molar-refractivity contribution in [2.75, 3.05) is 24.5 Å². The number of carbonyl (C=O) groups excluding carboxylic acids is 1. The molecule has 2 aliphatic heterocycles. The molecule has 102 valence electrons. The maximum Gasteiger partial charge on any atom is 0.223 e. The lowest BCUT2D eigenvalue weighted by Crippen LogP contribution is -2.51. The highest BCUT2D eigenvalue weighted by atomic mass is 16.3. The average Bonchev–Trinajstić information content (AvgIpc) is 2.80. The summed E-state index contributed by atoms with van der Waals surface area (Å²) in [5, 5.41) is 9.63. The highest BCUT2D eigenvalue weighted by Gasteiger charge is 2.35. The number of rotatable bonds is 2. The Hall–Kier alpha value is -1.62. The number of aliphatic hydroxyl groups is 1. The van der Waals surface area contributed by atoms with Crippen LogP contribution in [0, 0.1) is 0 Å². The van der Waals surface area contributed by atoms with E-state index in [1.807, 2.05) is 17.0 Å². The van der Waals surface area contributed by atoms with Crippen LogP contribution in [0.4, 0.5) is 5.82 Å². The van der Waals surface area contributed by atoms with Crippen molar-refractivity contribution in [1.29, 1.82) is 0 Å². The summed E-state index contributed by atoms with van der Waals surface area (Å²) < 4.78 is 0. The second kappa shape index (κ2) is 4.81. The number of piperazine rings is 1. The number of nitrogens with zero attached hydrogens (tertiary/aromatic N) is 3. The second-order valence-corrected chi connectivity index (χ2v) is 5.35. The van der Waals surface area contributed by atoms with Crippen LogP contribution in [0.25, 0.3) is 0 Å². The van der Waals surface area contributed by atoms with E-state index < -0.39 is 6.10 Å². The molecule has 0 radical (unpaired) electrons. The Morgan fingerprint density at radius 3 is 3.11 bits per heavy atom. The van der Waals surface area contributed by atoms with Gasteiger partial charge in [-0.3, -0.25) is 4.79 Å². The fourth-order valence-corrected chi connectivity index (χ4v) is 2.94. The van der Waals surface area contributed by atoms with Gasteiger partial charge in [0.25, 0.3) is 0 Å². The Kier molecular flexibility index (Phi) is 3.14. The van der Waals surface area contributed by atoms with E-state index >= 15 is 0 Å². The van der Waals surface area contributed by atoms with Crippen molar-refractivity contribution < 1.29 is 9.90 Å². The zero-order valence-corrected chi connectivity index (χ0v) is 11.1. The van der Waals surface area contributed by atoms with Gasteiger partial charge < -0.3 is 14.9 Å². The Morgan fingerprint density at radius 2 is 2.32 bits per heavy atom. The lowest BCUT2D eigenvalue weighted by atomic mass is 10.1. The molecule has 0 aliphatic carbocycles. The van der Waals surface area contributed by atoms with Crippen LogP contribution in [0.15, 0.2) is 18.3 Å². The molecule has 2 atom stereocenters. The molecule has 0 bridgehead atoms. The van der Waals surface area contributed by atoms with E-state index in [9.17, 15) is 9.90 Å². The molecular formula is C14H19N3O2. The van der Waals surface area contributed by atoms with Gasteiger partial charge in [0.1, 0.15) is 5.82 Å². The Morgan fingerprint density at radius 1 is 1.47 bits per heavy atom. The molecule has 2 saturated heterocycles. The summed E-state index contributed by atoms with van der Waals surface area (Å²) in [5.74, 6) is 1.19. The van der Waals surface area contributed by atoms with Gasteiger partial charge in [-0.05, 0) is 31.0 Å². The van der Waals surface area contributed by atoms with Crippen molar-refractivity contribution in [3.8, 4) is 0 Å². The predicted octanol–water partition coefficient (Wildman–Crippen LogP) is 0.946. The number of pyridine rings is 1. The van der Waals surface area contributed by atoms with Crippen molar-refractivity contribution in [3.05, 3.63) is 23.9 Å². The molecule has 0 aromatic carbocycles. The molecule has 1 N–H and O–H groups in total. The van der Waals surface area contributed by atoms with Crippen LogP contribution in [0.1, 0.15) is 31.4 Å². The summed E-state index contributed by atoms with van der Waals surface area (Å²) in [7, 11) is 0. The zero-order valence-electron chi connectivity index (χ0n) is 11.1. The quantitative estimate of drug-likeness (QED) is 0.861. The van der Waals surface area contributed by atoms with E-state index in [1.54, 1.807) is 13.1 Å². The molecule has 19 heavy (non-hydrogen) atoms. The Balaban J connectivity index is 1.77. The van der Waals surface area contributed by atoms with E-state index in [-0.39, 0.29) is 5.91 Å². The molecule has 3 heterocycles. The third-order valence-electron chi connectivity index (χ3n) is 4.07. The van der Waals surface area contributed by atoms with Gasteiger partial charge in [-0.2, -0.15) is 0 Å². The van der Waals surface area contributed by atoms with Gasteiger partial charge in [-0.1, -0.05) is 0 Å². The number of hydrogen-bond acceptors (Lipinski definition) is 4. The largest absolute Gasteiger partial charge is 0.389 e. The van der Waals surface area contributed by atoms with E-state index in [1.165, 1.54) is 0 Å². The Labute approximate surface area is 112 Å². The van der Waals surface area contributed by atoms with Crippen LogP contribution in [-0.2, 0) is 4.79 Å². The predicted molar refractivity (Wildman–Crippen MR) is 71.8 cm³/mol. The fraction of sp³-hybridized carbons (Fsp3) is 0.571. The first kappa shape index (κ1) is 12.4. The van der Waals surface area contributed by atoms with Crippen molar-refractivity contribution in [1.82, 2.24) is 9.88 Å². The average molecular weight is 261 g/mol. The van der Waals surface area contributed by atoms with Gasteiger partial charge in [-0.15, -0.1) is 0 Å². The summed E-state index contributed by atoms with van der Waals surface area (Å²) in [6.07, 6.45) is 2.89. The lowest BCUT2D eigenvalue weighted by molar-refractivity contribution is -0.129. The number of hydrogen-bond donors (Lipinski definition) is 1. The minimum Gasteiger partial charge on any atom is -0.389 e. The molecule has 1 amide bonds. The Bertz CT molecular complexity index is 489. The third-order valence-corrected chi connectivity index (χ3v) is 4.07. The molecule has 2 fully saturated rings. The maximum absolute atomic E-state index is 11.7. The van der Waals surface area contributed by atoms with Gasteiger partial charge in [0, 0.05) is 38.3 Å². The fourth-order valence-electron chi connectivity index (χ4n) is 2.94. The molecule has 3 rings (SSSR count). The summed E-state index contributed by atoms with van der Waals surface area (Å²) in [6, 6.07) is 4.11. The molecule has 1 aromatic heterocycles. The number of aromatic nitrogens is 1.